The number of rotatable bonds is 3. The highest BCUT2D eigenvalue weighted by atomic mass is 32.1. The summed E-state index contributed by atoms with van der Waals surface area (Å²) in [5.41, 5.74) is 1.54. The Bertz CT molecular complexity index is 651. The Morgan fingerprint density at radius 3 is 2.89 bits per heavy atom. The highest BCUT2D eigenvalue weighted by Crippen LogP contribution is 2.43. The molecule has 0 aromatic carbocycles. The zero-order valence-electron chi connectivity index (χ0n) is 10.3. The van der Waals surface area contributed by atoms with Gasteiger partial charge in [-0.2, -0.15) is 0 Å². The van der Waals surface area contributed by atoms with Crippen molar-refractivity contribution in [1.29, 1.82) is 0 Å². The summed E-state index contributed by atoms with van der Waals surface area (Å²) >= 11 is 1.42. The van der Waals surface area contributed by atoms with Gasteiger partial charge in [0, 0.05) is 15.3 Å². The average molecular weight is 276 g/mol. The van der Waals surface area contributed by atoms with Gasteiger partial charge in [0.1, 0.15) is 0 Å². The fraction of sp³-hybridized carbons (Fsp3) is 0.286. The summed E-state index contributed by atoms with van der Waals surface area (Å²) in [6.07, 6.45) is 2.70. The van der Waals surface area contributed by atoms with Crippen LogP contribution in [0.15, 0.2) is 22.8 Å². The number of carboxylic acid groups (broad SMARTS) is 1. The van der Waals surface area contributed by atoms with Crippen LogP contribution in [0.3, 0.4) is 0 Å². The van der Waals surface area contributed by atoms with Gasteiger partial charge in [-0.1, -0.05) is 0 Å². The summed E-state index contributed by atoms with van der Waals surface area (Å²) in [5, 5.41) is 9.19. The Kier molecular flexibility index (Phi) is 2.78. The lowest BCUT2D eigenvalue weighted by Gasteiger charge is -2.00. The van der Waals surface area contributed by atoms with Crippen LogP contribution in [0.1, 0.15) is 43.8 Å². The minimum Gasteiger partial charge on any atom is -0.481 e. The van der Waals surface area contributed by atoms with Crippen molar-refractivity contribution < 1.29 is 19.1 Å². The number of furan rings is 1. The maximum Gasteiger partial charge on any atom is 0.311 e. The van der Waals surface area contributed by atoms with E-state index in [1.165, 1.54) is 17.6 Å². The first-order valence-corrected chi connectivity index (χ1v) is 6.84. The zero-order valence-corrected chi connectivity index (χ0v) is 11.1. The van der Waals surface area contributed by atoms with Crippen LogP contribution >= 0.6 is 11.3 Å². The van der Waals surface area contributed by atoms with Crippen LogP contribution in [0.5, 0.6) is 0 Å². The first-order chi connectivity index (χ1) is 9.09. The second-order valence-electron chi connectivity index (χ2n) is 4.61. The molecule has 1 aliphatic carbocycles. The molecule has 0 spiro atoms. The van der Waals surface area contributed by atoms with E-state index in [1.54, 1.807) is 12.1 Å². The molecular formula is C14H12O4S. The van der Waals surface area contributed by atoms with Crippen LogP contribution in [0.2, 0.25) is 0 Å². The number of hydrogen-bond donors (Lipinski definition) is 1. The van der Waals surface area contributed by atoms with Gasteiger partial charge in [0.15, 0.2) is 5.76 Å². The lowest BCUT2D eigenvalue weighted by molar-refractivity contribution is -0.138. The van der Waals surface area contributed by atoms with Crippen molar-refractivity contribution in [3.8, 4) is 0 Å². The maximum atomic E-state index is 12.4. The minimum absolute atomic E-state index is 0.147. The predicted molar refractivity (Wildman–Crippen MR) is 69.9 cm³/mol. The maximum absolute atomic E-state index is 12.4. The number of carbonyl (C=O) groups excluding carboxylic acids is 1. The summed E-state index contributed by atoms with van der Waals surface area (Å²) in [5.74, 6) is -1.11. The number of carboxylic acids is 1. The Labute approximate surface area is 113 Å². The molecule has 0 fully saturated rings. The molecule has 1 N–H and O–H groups in total. The fourth-order valence-corrected chi connectivity index (χ4v) is 3.96. The summed E-state index contributed by atoms with van der Waals surface area (Å²) in [4.78, 5) is 25.3. The third-order valence-corrected chi connectivity index (χ3v) is 4.75. The van der Waals surface area contributed by atoms with Crippen molar-refractivity contribution in [2.45, 2.75) is 25.7 Å². The van der Waals surface area contributed by atoms with Crippen LogP contribution in [-0.4, -0.2) is 16.9 Å². The lowest BCUT2D eigenvalue weighted by atomic mass is 10.0. The molecule has 19 heavy (non-hydrogen) atoms. The van der Waals surface area contributed by atoms with Crippen molar-refractivity contribution in [2.75, 3.05) is 0 Å². The molecule has 0 amide bonds. The Morgan fingerprint density at radius 1 is 1.47 bits per heavy atom. The molecule has 3 rings (SSSR count). The van der Waals surface area contributed by atoms with Crippen LogP contribution in [0, 0.1) is 6.92 Å². The Morgan fingerprint density at radius 2 is 2.26 bits per heavy atom. The average Bonchev–Trinajstić information content (AvgIpc) is 3.01. The molecule has 2 aromatic heterocycles. The standard InChI is InChI=1S/C14H12O4S/c1-7-11(12(15)10-3-2-6-18-10)8-4-5-9(14(16)17)13(8)19-7/h2-3,6,9H,4-5H2,1H3,(H,16,17). The van der Waals surface area contributed by atoms with E-state index in [2.05, 4.69) is 0 Å². The number of aryl methyl sites for hydroxylation is 1. The van der Waals surface area contributed by atoms with E-state index in [0.29, 0.717) is 24.2 Å². The number of fused-ring (bicyclic) bond motifs is 1. The molecule has 2 aromatic rings. The summed E-state index contributed by atoms with van der Waals surface area (Å²) in [6.45, 7) is 1.86. The number of carbonyl (C=O) groups is 2. The van der Waals surface area contributed by atoms with Gasteiger partial charge in [-0.15, -0.1) is 11.3 Å². The molecule has 0 saturated carbocycles. The van der Waals surface area contributed by atoms with Crippen molar-refractivity contribution in [2.24, 2.45) is 0 Å². The highest BCUT2D eigenvalue weighted by molar-refractivity contribution is 7.12. The monoisotopic (exact) mass is 276 g/mol. The molecule has 2 heterocycles. The third-order valence-electron chi connectivity index (χ3n) is 3.48. The number of aliphatic carboxylic acids is 1. The van der Waals surface area contributed by atoms with Gasteiger partial charge >= 0.3 is 5.97 Å². The molecular weight excluding hydrogens is 264 g/mol. The topological polar surface area (TPSA) is 67.5 Å². The van der Waals surface area contributed by atoms with E-state index in [1.807, 2.05) is 6.92 Å². The summed E-state index contributed by atoms with van der Waals surface area (Å²) in [7, 11) is 0. The van der Waals surface area contributed by atoms with Gasteiger partial charge in [-0.25, -0.2) is 0 Å². The van der Waals surface area contributed by atoms with Crippen molar-refractivity contribution in [3.05, 3.63) is 45.0 Å². The van der Waals surface area contributed by atoms with Gasteiger partial charge in [-0.05, 0) is 37.5 Å². The first kappa shape index (κ1) is 12.2. The SMILES string of the molecule is Cc1sc2c(c1C(=O)c1ccco1)CCC2C(=O)O. The Balaban J connectivity index is 2.07. The first-order valence-electron chi connectivity index (χ1n) is 6.02. The highest BCUT2D eigenvalue weighted by Gasteiger charge is 2.35. The van der Waals surface area contributed by atoms with Crippen molar-refractivity contribution in [3.63, 3.8) is 0 Å². The van der Waals surface area contributed by atoms with Crippen LogP contribution in [0.4, 0.5) is 0 Å². The largest absolute Gasteiger partial charge is 0.481 e. The van der Waals surface area contributed by atoms with E-state index < -0.39 is 11.9 Å². The van der Waals surface area contributed by atoms with E-state index in [9.17, 15) is 14.7 Å². The number of ketones is 1. The second-order valence-corrected chi connectivity index (χ2v) is 5.87. The molecule has 0 aliphatic heterocycles. The third kappa shape index (κ3) is 1.81. The van der Waals surface area contributed by atoms with E-state index in [-0.39, 0.29) is 5.78 Å². The van der Waals surface area contributed by atoms with Gasteiger partial charge < -0.3 is 9.52 Å². The van der Waals surface area contributed by atoms with Gasteiger partial charge in [-0.3, -0.25) is 9.59 Å². The minimum atomic E-state index is -0.808. The van der Waals surface area contributed by atoms with E-state index in [4.69, 9.17) is 4.42 Å². The molecule has 0 radical (unpaired) electrons. The zero-order chi connectivity index (χ0) is 13.6. The summed E-state index contributed by atoms with van der Waals surface area (Å²) < 4.78 is 5.15. The van der Waals surface area contributed by atoms with E-state index in [0.717, 1.165) is 15.3 Å². The second kappa shape index (κ2) is 4.35. The lowest BCUT2D eigenvalue weighted by Crippen LogP contribution is -2.06. The van der Waals surface area contributed by atoms with Gasteiger partial charge in [0.2, 0.25) is 5.78 Å². The molecule has 1 aliphatic rings. The van der Waals surface area contributed by atoms with E-state index >= 15 is 0 Å². The molecule has 1 atom stereocenters. The predicted octanol–water partition coefficient (Wildman–Crippen LogP) is 2.99. The smallest absolute Gasteiger partial charge is 0.311 e. The molecule has 0 saturated heterocycles. The van der Waals surface area contributed by atoms with Crippen molar-refractivity contribution in [1.82, 2.24) is 0 Å². The van der Waals surface area contributed by atoms with Crippen LogP contribution in [-0.2, 0) is 11.2 Å². The van der Waals surface area contributed by atoms with Gasteiger partial charge in [0.25, 0.3) is 0 Å². The Hall–Kier alpha value is -1.88. The molecule has 5 heteroatoms. The van der Waals surface area contributed by atoms with Crippen LogP contribution in [0.25, 0.3) is 0 Å². The molecule has 98 valence electrons. The quantitative estimate of drug-likeness (QED) is 0.875. The normalized spacial score (nSPS) is 17.4. The van der Waals surface area contributed by atoms with Crippen LogP contribution < -0.4 is 0 Å². The molecule has 4 nitrogen and oxygen atoms in total. The summed E-state index contributed by atoms with van der Waals surface area (Å²) in [6, 6.07) is 3.31. The van der Waals surface area contributed by atoms with Gasteiger partial charge in [0.05, 0.1) is 12.2 Å². The fourth-order valence-electron chi connectivity index (χ4n) is 2.63. The number of thiophene rings is 1. The number of hydrogen-bond acceptors (Lipinski definition) is 4. The molecule has 0 bridgehead atoms. The van der Waals surface area contributed by atoms with Crippen molar-refractivity contribution >= 4 is 23.1 Å². The molecule has 1 unspecified atom stereocenters.